The number of rotatable bonds is 8. The van der Waals surface area contributed by atoms with E-state index in [-0.39, 0.29) is 0 Å². The second-order valence-corrected chi connectivity index (χ2v) is 6.32. The molecule has 1 saturated heterocycles. The molecule has 0 aromatic rings. The Kier molecular flexibility index (Phi) is 7.20. The summed E-state index contributed by atoms with van der Waals surface area (Å²) in [7, 11) is 0. The molecule has 1 rings (SSSR count). The highest BCUT2D eigenvalue weighted by Gasteiger charge is 2.26. The van der Waals surface area contributed by atoms with Crippen molar-refractivity contribution in [2.24, 2.45) is 17.6 Å². The van der Waals surface area contributed by atoms with Gasteiger partial charge in [0.2, 0.25) is 0 Å². The Morgan fingerprint density at radius 2 is 1.89 bits per heavy atom. The van der Waals surface area contributed by atoms with Crippen LogP contribution in [0.2, 0.25) is 0 Å². The maximum absolute atomic E-state index is 5.68. The maximum atomic E-state index is 5.68. The molecular weight excluding hydrogens is 224 g/mol. The number of hydrogen-bond donors (Lipinski definition) is 2. The molecule has 0 bridgehead atoms. The van der Waals surface area contributed by atoms with Crippen molar-refractivity contribution < 1.29 is 4.74 Å². The Bertz CT molecular complexity index is 213. The van der Waals surface area contributed by atoms with Gasteiger partial charge in [0, 0.05) is 18.8 Å². The fourth-order valence-corrected chi connectivity index (χ4v) is 2.78. The summed E-state index contributed by atoms with van der Waals surface area (Å²) in [6, 6.07) is 0. The van der Waals surface area contributed by atoms with Gasteiger partial charge in [-0.1, -0.05) is 13.8 Å². The van der Waals surface area contributed by atoms with E-state index in [1.54, 1.807) is 0 Å². The molecule has 0 spiro atoms. The smallest absolute Gasteiger partial charge is 0.0483 e. The first-order valence-electron chi connectivity index (χ1n) is 7.60. The van der Waals surface area contributed by atoms with Crippen LogP contribution in [0.1, 0.15) is 52.9 Å². The molecule has 0 aliphatic carbocycles. The minimum Gasteiger partial charge on any atom is -0.381 e. The Labute approximate surface area is 113 Å². The van der Waals surface area contributed by atoms with Crippen molar-refractivity contribution in [1.82, 2.24) is 5.32 Å². The lowest BCUT2D eigenvalue weighted by molar-refractivity contribution is 0.0451. The van der Waals surface area contributed by atoms with Crippen LogP contribution in [0, 0.1) is 11.8 Å². The van der Waals surface area contributed by atoms with Crippen LogP contribution in [-0.4, -0.2) is 31.8 Å². The van der Waals surface area contributed by atoms with E-state index in [0.717, 1.165) is 51.0 Å². The summed E-state index contributed by atoms with van der Waals surface area (Å²) in [5.41, 5.74) is 5.98. The van der Waals surface area contributed by atoms with Crippen LogP contribution in [0.15, 0.2) is 0 Å². The molecule has 3 heteroatoms. The molecule has 1 atom stereocenters. The van der Waals surface area contributed by atoms with Gasteiger partial charge in [0.25, 0.3) is 0 Å². The molecule has 1 heterocycles. The highest BCUT2D eigenvalue weighted by atomic mass is 16.5. The van der Waals surface area contributed by atoms with Crippen LogP contribution in [0.5, 0.6) is 0 Å². The standard InChI is InChI=1S/C15H32N2O/c1-13(2)14(6-9-16)5-4-10-17-15(3)7-11-18-12-8-15/h13-14,17H,4-12,16H2,1-3H3. The van der Waals surface area contributed by atoms with Gasteiger partial charge in [0.15, 0.2) is 0 Å². The predicted molar refractivity (Wildman–Crippen MR) is 77.7 cm³/mol. The zero-order valence-electron chi connectivity index (χ0n) is 12.5. The summed E-state index contributed by atoms with van der Waals surface area (Å²) >= 11 is 0. The summed E-state index contributed by atoms with van der Waals surface area (Å²) < 4.78 is 5.42. The molecule has 3 N–H and O–H groups in total. The SMILES string of the molecule is CC(C)C(CCN)CCCNC1(C)CCOCC1. The van der Waals surface area contributed by atoms with Crippen LogP contribution in [0.3, 0.4) is 0 Å². The third-order valence-electron chi connectivity index (χ3n) is 4.38. The van der Waals surface area contributed by atoms with E-state index in [0.29, 0.717) is 5.54 Å². The highest BCUT2D eigenvalue weighted by Crippen LogP contribution is 2.22. The Balaban J connectivity index is 2.16. The van der Waals surface area contributed by atoms with E-state index in [1.807, 2.05) is 0 Å². The van der Waals surface area contributed by atoms with Crippen molar-refractivity contribution in [1.29, 1.82) is 0 Å². The third-order valence-corrected chi connectivity index (χ3v) is 4.38. The van der Waals surface area contributed by atoms with E-state index in [2.05, 4.69) is 26.1 Å². The van der Waals surface area contributed by atoms with Crippen molar-refractivity contribution in [3.63, 3.8) is 0 Å². The molecule has 18 heavy (non-hydrogen) atoms. The number of nitrogens with one attached hydrogen (secondary N) is 1. The first-order valence-corrected chi connectivity index (χ1v) is 7.60. The summed E-state index contributed by atoms with van der Waals surface area (Å²) in [6.45, 7) is 10.7. The third kappa shape index (κ3) is 5.68. The molecule has 1 unspecified atom stereocenters. The zero-order chi connectivity index (χ0) is 13.4. The summed E-state index contributed by atoms with van der Waals surface area (Å²) in [4.78, 5) is 0. The monoisotopic (exact) mass is 256 g/mol. The second-order valence-electron chi connectivity index (χ2n) is 6.32. The lowest BCUT2D eigenvalue weighted by atomic mass is 9.88. The van der Waals surface area contributed by atoms with Gasteiger partial charge in [-0.25, -0.2) is 0 Å². The van der Waals surface area contributed by atoms with E-state index >= 15 is 0 Å². The fraction of sp³-hybridized carbons (Fsp3) is 1.00. The van der Waals surface area contributed by atoms with E-state index < -0.39 is 0 Å². The van der Waals surface area contributed by atoms with Gasteiger partial charge in [-0.3, -0.25) is 0 Å². The maximum Gasteiger partial charge on any atom is 0.0483 e. The van der Waals surface area contributed by atoms with Crippen molar-refractivity contribution in [2.45, 2.75) is 58.4 Å². The van der Waals surface area contributed by atoms with E-state index in [1.165, 1.54) is 19.3 Å². The minimum atomic E-state index is 0.305. The number of nitrogens with two attached hydrogens (primary N) is 1. The zero-order valence-corrected chi connectivity index (χ0v) is 12.5. The largest absolute Gasteiger partial charge is 0.381 e. The summed E-state index contributed by atoms with van der Waals surface area (Å²) in [6.07, 6.45) is 6.02. The van der Waals surface area contributed by atoms with Gasteiger partial charge in [0.1, 0.15) is 0 Å². The van der Waals surface area contributed by atoms with Gasteiger partial charge >= 0.3 is 0 Å². The van der Waals surface area contributed by atoms with Crippen molar-refractivity contribution >= 4 is 0 Å². The van der Waals surface area contributed by atoms with Crippen molar-refractivity contribution in [3.8, 4) is 0 Å². The predicted octanol–water partition coefficient (Wildman–Crippen LogP) is 2.55. The lowest BCUT2D eigenvalue weighted by Gasteiger charge is -2.35. The van der Waals surface area contributed by atoms with Gasteiger partial charge < -0.3 is 15.8 Å². The van der Waals surface area contributed by atoms with E-state index in [4.69, 9.17) is 10.5 Å². The van der Waals surface area contributed by atoms with Gasteiger partial charge in [-0.05, 0) is 64.0 Å². The molecule has 3 nitrogen and oxygen atoms in total. The van der Waals surface area contributed by atoms with Crippen LogP contribution in [0.25, 0.3) is 0 Å². The second kappa shape index (κ2) is 8.13. The molecule has 1 aliphatic heterocycles. The fourth-order valence-electron chi connectivity index (χ4n) is 2.78. The molecule has 0 aromatic heterocycles. The number of ether oxygens (including phenoxy) is 1. The molecular formula is C15H32N2O. The highest BCUT2D eigenvalue weighted by molar-refractivity contribution is 4.85. The van der Waals surface area contributed by atoms with Crippen LogP contribution in [-0.2, 0) is 4.74 Å². The molecule has 0 saturated carbocycles. The first-order chi connectivity index (χ1) is 8.57. The van der Waals surface area contributed by atoms with E-state index in [9.17, 15) is 0 Å². The van der Waals surface area contributed by atoms with Gasteiger partial charge in [-0.15, -0.1) is 0 Å². The Morgan fingerprint density at radius 1 is 1.22 bits per heavy atom. The molecule has 0 radical (unpaired) electrons. The topological polar surface area (TPSA) is 47.3 Å². The lowest BCUT2D eigenvalue weighted by Crippen LogP contribution is -2.47. The summed E-state index contributed by atoms with van der Waals surface area (Å²) in [5.74, 6) is 1.55. The number of hydrogen-bond acceptors (Lipinski definition) is 3. The molecule has 108 valence electrons. The van der Waals surface area contributed by atoms with Crippen LogP contribution < -0.4 is 11.1 Å². The average Bonchev–Trinajstić information content (AvgIpc) is 2.33. The molecule has 0 amide bonds. The summed E-state index contributed by atoms with van der Waals surface area (Å²) in [5, 5.41) is 3.72. The van der Waals surface area contributed by atoms with Gasteiger partial charge in [0.05, 0.1) is 0 Å². The minimum absolute atomic E-state index is 0.305. The quantitative estimate of drug-likeness (QED) is 0.656. The van der Waals surface area contributed by atoms with Crippen molar-refractivity contribution in [3.05, 3.63) is 0 Å². The molecule has 1 aliphatic rings. The Morgan fingerprint density at radius 3 is 2.44 bits per heavy atom. The van der Waals surface area contributed by atoms with Crippen LogP contribution >= 0.6 is 0 Å². The first kappa shape index (κ1) is 15.9. The average molecular weight is 256 g/mol. The van der Waals surface area contributed by atoms with Crippen molar-refractivity contribution in [2.75, 3.05) is 26.3 Å². The molecule has 0 aromatic carbocycles. The normalized spacial score (nSPS) is 21.2. The van der Waals surface area contributed by atoms with Crippen LogP contribution in [0.4, 0.5) is 0 Å². The molecule has 1 fully saturated rings. The Hall–Kier alpha value is -0.120. The van der Waals surface area contributed by atoms with Gasteiger partial charge in [-0.2, -0.15) is 0 Å².